The molecule has 0 saturated heterocycles. The number of hydrogen-bond acceptors (Lipinski definition) is 3. The van der Waals surface area contributed by atoms with E-state index in [0.29, 0.717) is 23.5 Å². The van der Waals surface area contributed by atoms with E-state index in [0.717, 1.165) is 5.56 Å². The van der Waals surface area contributed by atoms with E-state index < -0.39 is 0 Å². The largest absolute Gasteiger partial charge is 0.399 e. The Kier molecular flexibility index (Phi) is 5.14. The molecule has 5 nitrogen and oxygen atoms in total. The average molecular weight is 297 g/mol. The van der Waals surface area contributed by atoms with Crippen LogP contribution in [-0.4, -0.2) is 11.8 Å². The fraction of sp³-hybridized carbons (Fsp3) is 0.176. The van der Waals surface area contributed by atoms with Gasteiger partial charge in [-0.3, -0.25) is 9.59 Å². The molecule has 0 bridgehead atoms. The Balaban J connectivity index is 1.97. The molecule has 0 saturated carbocycles. The molecule has 0 aromatic heterocycles. The van der Waals surface area contributed by atoms with Crippen LogP contribution >= 0.6 is 0 Å². The fourth-order valence-corrected chi connectivity index (χ4v) is 1.95. The topological polar surface area (TPSA) is 84.2 Å². The molecule has 5 heteroatoms. The molecule has 0 heterocycles. The summed E-state index contributed by atoms with van der Waals surface area (Å²) in [5, 5.41) is 5.57. The summed E-state index contributed by atoms with van der Waals surface area (Å²) in [6.07, 6.45) is 0.680. The second-order valence-corrected chi connectivity index (χ2v) is 4.95. The number of carbonyl (C=O) groups excluding carboxylic acids is 2. The highest BCUT2D eigenvalue weighted by Crippen LogP contribution is 2.16. The number of nitrogen functional groups attached to an aromatic ring is 1. The van der Waals surface area contributed by atoms with Crippen molar-refractivity contribution in [2.24, 2.45) is 0 Å². The summed E-state index contributed by atoms with van der Waals surface area (Å²) in [6.45, 7) is 1.79. The minimum absolute atomic E-state index is 0.0645. The highest BCUT2D eigenvalue weighted by atomic mass is 16.2. The van der Waals surface area contributed by atoms with Crippen LogP contribution in [0, 0.1) is 0 Å². The van der Waals surface area contributed by atoms with Gasteiger partial charge < -0.3 is 16.4 Å². The molecular formula is C17H19N3O2. The van der Waals surface area contributed by atoms with Gasteiger partial charge in [0.25, 0.3) is 0 Å². The first-order chi connectivity index (χ1) is 10.6. The van der Waals surface area contributed by atoms with Crippen LogP contribution < -0.4 is 16.4 Å². The van der Waals surface area contributed by atoms with E-state index in [1.165, 1.54) is 0 Å². The van der Waals surface area contributed by atoms with E-state index in [-0.39, 0.29) is 18.2 Å². The van der Waals surface area contributed by atoms with Gasteiger partial charge in [0.2, 0.25) is 11.8 Å². The molecule has 0 aliphatic heterocycles. The van der Waals surface area contributed by atoms with Crippen molar-refractivity contribution >= 4 is 28.9 Å². The maximum Gasteiger partial charge on any atom is 0.228 e. The van der Waals surface area contributed by atoms with Crippen LogP contribution in [0.2, 0.25) is 0 Å². The minimum atomic E-state index is -0.122. The molecule has 0 aliphatic rings. The van der Waals surface area contributed by atoms with Crippen molar-refractivity contribution in [1.29, 1.82) is 0 Å². The van der Waals surface area contributed by atoms with Gasteiger partial charge in [-0.2, -0.15) is 0 Å². The smallest absolute Gasteiger partial charge is 0.228 e. The van der Waals surface area contributed by atoms with Gasteiger partial charge >= 0.3 is 0 Å². The van der Waals surface area contributed by atoms with Crippen molar-refractivity contribution < 1.29 is 9.59 Å². The molecule has 4 N–H and O–H groups in total. The lowest BCUT2D eigenvalue weighted by Gasteiger charge is -2.08. The molecule has 0 aliphatic carbocycles. The number of amides is 2. The zero-order valence-electron chi connectivity index (χ0n) is 12.4. The predicted octanol–water partition coefficient (Wildman–Crippen LogP) is 2.80. The standard InChI is InChI=1S/C17H19N3O2/c1-2-16(21)19-14-4-3-5-15(11-14)20-17(22)10-12-6-8-13(18)9-7-12/h3-9,11H,2,10,18H2,1H3,(H,19,21)(H,20,22). The molecule has 2 aromatic carbocycles. The first-order valence-corrected chi connectivity index (χ1v) is 7.11. The molecule has 0 radical (unpaired) electrons. The summed E-state index contributed by atoms with van der Waals surface area (Å²) in [5.41, 5.74) is 8.49. The van der Waals surface area contributed by atoms with E-state index >= 15 is 0 Å². The van der Waals surface area contributed by atoms with Crippen LogP contribution in [-0.2, 0) is 16.0 Å². The maximum absolute atomic E-state index is 12.0. The summed E-state index contributed by atoms with van der Waals surface area (Å²) < 4.78 is 0. The van der Waals surface area contributed by atoms with Gasteiger partial charge in [-0.25, -0.2) is 0 Å². The third kappa shape index (κ3) is 4.63. The minimum Gasteiger partial charge on any atom is -0.399 e. The second kappa shape index (κ2) is 7.26. The molecule has 114 valence electrons. The molecule has 0 spiro atoms. The van der Waals surface area contributed by atoms with Crippen LogP contribution in [0.3, 0.4) is 0 Å². The van der Waals surface area contributed by atoms with Gasteiger partial charge in [-0.05, 0) is 35.9 Å². The van der Waals surface area contributed by atoms with Crippen LogP contribution in [0.4, 0.5) is 17.1 Å². The molecule has 0 unspecified atom stereocenters. The lowest BCUT2D eigenvalue weighted by Crippen LogP contribution is -2.15. The Morgan fingerprint density at radius 1 is 0.955 bits per heavy atom. The zero-order valence-corrected chi connectivity index (χ0v) is 12.4. The van der Waals surface area contributed by atoms with Gasteiger partial charge in [0.05, 0.1) is 6.42 Å². The second-order valence-electron chi connectivity index (χ2n) is 4.95. The van der Waals surface area contributed by atoms with Gasteiger partial charge in [-0.15, -0.1) is 0 Å². The lowest BCUT2D eigenvalue weighted by atomic mass is 10.1. The number of carbonyl (C=O) groups is 2. The molecular weight excluding hydrogens is 278 g/mol. The third-order valence-electron chi connectivity index (χ3n) is 3.10. The van der Waals surface area contributed by atoms with E-state index in [1.54, 1.807) is 43.3 Å². The summed E-state index contributed by atoms with van der Waals surface area (Å²) in [7, 11) is 0. The van der Waals surface area contributed by atoms with Crippen LogP contribution in [0.15, 0.2) is 48.5 Å². The molecule has 0 atom stereocenters. The molecule has 2 rings (SSSR count). The SMILES string of the molecule is CCC(=O)Nc1cccc(NC(=O)Cc2ccc(N)cc2)c1. The van der Waals surface area contributed by atoms with E-state index in [9.17, 15) is 9.59 Å². The highest BCUT2D eigenvalue weighted by Gasteiger charge is 2.05. The Labute approximate surface area is 129 Å². The van der Waals surface area contributed by atoms with Crippen LogP contribution in [0.1, 0.15) is 18.9 Å². The quantitative estimate of drug-likeness (QED) is 0.742. The monoisotopic (exact) mass is 297 g/mol. The normalized spacial score (nSPS) is 10.0. The first kappa shape index (κ1) is 15.6. The first-order valence-electron chi connectivity index (χ1n) is 7.11. The highest BCUT2D eigenvalue weighted by molar-refractivity contribution is 5.94. The number of hydrogen-bond donors (Lipinski definition) is 3. The summed E-state index contributed by atoms with van der Waals surface area (Å²) in [6, 6.07) is 14.3. The Morgan fingerprint density at radius 3 is 2.14 bits per heavy atom. The molecule has 2 aromatic rings. The number of rotatable bonds is 5. The van der Waals surface area contributed by atoms with Crippen LogP contribution in [0.5, 0.6) is 0 Å². The maximum atomic E-state index is 12.0. The number of nitrogens with one attached hydrogen (secondary N) is 2. The molecule has 22 heavy (non-hydrogen) atoms. The summed E-state index contributed by atoms with van der Waals surface area (Å²) >= 11 is 0. The van der Waals surface area contributed by atoms with Gasteiger partial charge in [0, 0.05) is 23.5 Å². The summed E-state index contributed by atoms with van der Waals surface area (Å²) in [5.74, 6) is -0.186. The van der Waals surface area contributed by atoms with Gasteiger partial charge in [0.15, 0.2) is 0 Å². The van der Waals surface area contributed by atoms with Crippen LogP contribution in [0.25, 0.3) is 0 Å². The van der Waals surface area contributed by atoms with E-state index in [1.807, 2.05) is 12.1 Å². The number of benzene rings is 2. The van der Waals surface area contributed by atoms with Gasteiger partial charge in [0.1, 0.15) is 0 Å². The fourth-order valence-electron chi connectivity index (χ4n) is 1.95. The zero-order chi connectivity index (χ0) is 15.9. The average Bonchev–Trinajstić information content (AvgIpc) is 2.49. The predicted molar refractivity (Wildman–Crippen MR) is 88.6 cm³/mol. The Hall–Kier alpha value is -2.82. The Morgan fingerprint density at radius 2 is 1.55 bits per heavy atom. The van der Waals surface area contributed by atoms with Crippen molar-refractivity contribution in [3.05, 3.63) is 54.1 Å². The molecule has 0 fully saturated rings. The lowest BCUT2D eigenvalue weighted by molar-refractivity contribution is -0.116. The van der Waals surface area contributed by atoms with E-state index in [2.05, 4.69) is 10.6 Å². The van der Waals surface area contributed by atoms with Crippen molar-refractivity contribution in [1.82, 2.24) is 0 Å². The third-order valence-corrected chi connectivity index (χ3v) is 3.10. The summed E-state index contributed by atoms with van der Waals surface area (Å²) in [4.78, 5) is 23.4. The molecule has 2 amide bonds. The van der Waals surface area contributed by atoms with Crippen molar-refractivity contribution in [2.75, 3.05) is 16.4 Å². The van der Waals surface area contributed by atoms with E-state index in [4.69, 9.17) is 5.73 Å². The van der Waals surface area contributed by atoms with Gasteiger partial charge in [-0.1, -0.05) is 25.1 Å². The van der Waals surface area contributed by atoms with Crippen molar-refractivity contribution in [3.63, 3.8) is 0 Å². The number of anilines is 3. The Bertz CT molecular complexity index is 666. The van der Waals surface area contributed by atoms with Crippen molar-refractivity contribution in [2.45, 2.75) is 19.8 Å². The number of nitrogens with two attached hydrogens (primary N) is 1. The van der Waals surface area contributed by atoms with Crippen molar-refractivity contribution in [3.8, 4) is 0 Å².